The Morgan fingerprint density at radius 2 is 1.59 bits per heavy atom. The van der Waals surface area contributed by atoms with Crippen LogP contribution in [0.2, 0.25) is 0 Å². The van der Waals surface area contributed by atoms with Crippen molar-refractivity contribution in [2.75, 3.05) is 13.7 Å². The van der Waals surface area contributed by atoms with E-state index in [0.29, 0.717) is 15.2 Å². The van der Waals surface area contributed by atoms with E-state index in [1.54, 1.807) is 12.1 Å². The normalized spacial score (nSPS) is 14.8. The number of phenols is 1. The Morgan fingerprint density at radius 1 is 1.03 bits per heavy atom. The Morgan fingerprint density at radius 3 is 2.12 bits per heavy atom. The zero-order valence-electron chi connectivity index (χ0n) is 17.5. The van der Waals surface area contributed by atoms with E-state index < -0.39 is 51.4 Å². The van der Waals surface area contributed by atoms with Crippen LogP contribution in [0.5, 0.6) is 11.5 Å². The van der Waals surface area contributed by atoms with Gasteiger partial charge in [-0.25, -0.2) is 0 Å². The molecule has 0 saturated heterocycles. The van der Waals surface area contributed by atoms with Crippen molar-refractivity contribution in [2.24, 2.45) is 0 Å². The molecule has 34 heavy (non-hydrogen) atoms. The number of aliphatic hydroxyl groups excluding tert-OH is 4. The van der Waals surface area contributed by atoms with Crippen LogP contribution in [0.25, 0.3) is 22.1 Å². The number of phenolic OH excluding ortho intramolecular Hbond substituents is 1. The predicted molar refractivity (Wildman–Crippen MR) is 112 cm³/mol. The number of nitrogens with zero attached hydrogens (tertiary/aromatic N) is 2. The van der Waals surface area contributed by atoms with Crippen LogP contribution in [-0.2, 0) is 11.0 Å². The summed E-state index contributed by atoms with van der Waals surface area (Å²) in [7, 11) is 1.43. The molecule has 0 aliphatic rings. The monoisotopic (exact) mass is 600 g/mol. The molecule has 15 heteroatoms. The number of carbonyl (C=O) groups excluding carboxylic acids is 1. The van der Waals surface area contributed by atoms with Gasteiger partial charge in [0.2, 0.25) is 0 Å². The predicted octanol–water partition coefficient (Wildman–Crippen LogP) is -2.97. The summed E-state index contributed by atoms with van der Waals surface area (Å²) in [6.07, 6.45) is -7.07. The number of aldehydes is 1. The van der Waals surface area contributed by atoms with E-state index in [0.717, 1.165) is 0 Å². The van der Waals surface area contributed by atoms with Gasteiger partial charge in [-0.1, -0.05) is 12.1 Å². The van der Waals surface area contributed by atoms with Crippen LogP contribution >= 0.6 is 0 Å². The molecule has 0 fully saturated rings. The number of rotatable bonds is 8. The van der Waals surface area contributed by atoms with Gasteiger partial charge in [0.15, 0.2) is 11.5 Å². The molecule has 1 aromatic heterocycles. The summed E-state index contributed by atoms with van der Waals surface area (Å²) in [6, 6.07) is 9.07. The van der Waals surface area contributed by atoms with Crippen molar-refractivity contribution >= 4 is 48.7 Å². The number of aromatic hydroxyl groups is 1. The third-order valence-electron chi connectivity index (χ3n) is 4.63. The average molecular weight is 598 g/mol. The number of aromatic nitrogens is 2. The van der Waals surface area contributed by atoms with Crippen molar-refractivity contribution in [3.8, 4) is 11.5 Å². The van der Waals surface area contributed by atoms with Gasteiger partial charge in [-0.15, -0.1) is 0 Å². The van der Waals surface area contributed by atoms with Crippen LogP contribution in [0.4, 0.5) is 0 Å². The van der Waals surface area contributed by atoms with Crippen molar-refractivity contribution in [2.45, 2.75) is 24.4 Å². The van der Waals surface area contributed by atoms with Crippen molar-refractivity contribution < 1.29 is 54.2 Å². The molecule has 3 rings (SSSR count). The molecule has 0 unspecified atom stereocenters. The molecule has 4 atom stereocenters. The van der Waals surface area contributed by atoms with Gasteiger partial charge in [-0.2, -0.15) is 9.46 Å². The van der Waals surface area contributed by atoms with E-state index in [1.165, 1.54) is 31.4 Å². The molecular weight excluding hydrogens is 576 g/mol. The Balaban J connectivity index is 0.000000249. The van der Waals surface area contributed by atoms with Crippen molar-refractivity contribution in [1.29, 1.82) is 0 Å². The number of carbonyl (C=O) groups is 1. The van der Waals surface area contributed by atoms with E-state index in [2.05, 4.69) is 3.10 Å². The second-order valence-corrected chi connectivity index (χ2v) is 8.50. The Kier molecular flexibility index (Phi) is 9.79. The second kappa shape index (κ2) is 12.1. The first kappa shape index (κ1) is 27.5. The van der Waals surface area contributed by atoms with E-state index >= 15 is 0 Å². The molecule has 186 valence electrons. The number of methoxy groups -OCH3 is 1. The van der Waals surface area contributed by atoms with Crippen LogP contribution in [0.15, 0.2) is 36.4 Å². The molecule has 6 N–H and O–H groups in total. The number of hydrogen-bond donors (Lipinski definition) is 6. The first-order valence-electron chi connectivity index (χ1n) is 9.40. The molecule has 1 heterocycles. The van der Waals surface area contributed by atoms with Crippen LogP contribution in [0, 0.1) is 10.4 Å². The summed E-state index contributed by atoms with van der Waals surface area (Å²) >= 11 is -4.06. The summed E-state index contributed by atoms with van der Waals surface area (Å²) in [4.78, 5) is 10.3. The van der Waals surface area contributed by atoms with Gasteiger partial charge in [-0.3, -0.25) is 0 Å². The second-order valence-electron chi connectivity index (χ2n) is 6.71. The fourth-order valence-electron chi connectivity index (χ4n) is 2.96. The molecule has 0 bridgehead atoms. The van der Waals surface area contributed by atoms with Gasteiger partial charge in [0.05, 0.1) is 7.11 Å². The first-order valence-corrected chi connectivity index (χ1v) is 12.3. The molecule has 0 aliphatic carbocycles. The molecule has 0 amide bonds. The quantitative estimate of drug-likeness (QED) is 0.0503. The van der Waals surface area contributed by atoms with Crippen LogP contribution in [-0.4, -0.2) is 93.8 Å². The number of benzene rings is 2. The Hall–Kier alpha value is -2.74. The number of aliphatic hydroxyl groups is 4. The zero-order valence-corrected chi connectivity index (χ0v) is 19.8. The summed E-state index contributed by atoms with van der Waals surface area (Å²) in [5.74, 6) is 0.0733. The van der Waals surface area contributed by atoms with Crippen molar-refractivity contribution in [3.05, 3.63) is 46.8 Å². The molecule has 0 spiro atoms. The Bertz CT molecular complexity index is 1180. The maximum atomic E-state index is 12.3. The number of para-hydroxylation sites is 2. The van der Waals surface area contributed by atoms with Crippen LogP contribution in [0.1, 0.15) is 0 Å². The summed E-state index contributed by atoms with van der Waals surface area (Å²) in [5, 5.41) is 70.1. The first-order chi connectivity index (χ1) is 16.1. The third kappa shape index (κ3) is 5.84. The molecule has 3 aromatic rings. The van der Waals surface area contributed by atoms with Crippen LogP contribution in [0.3, 0.4) is 0 Å². The summed E-state index contributed by atoms with van der Waals surface area (Å²) in [5.41, 5.74) is 0.312. The summed E-state index contributed by atoms with van der Waals surface area (Å²) in [6.45, 7) is -0.830. The van der Waals surface area contributed by atoms with E-state index in [4.69, 9.17) is 23.5 Å². The van der Waals surface area contributed by atoms with Crippen molar-refractivity contribution in [3.63, 3.8) is 0 Å². The number of ether oxygens (including phenoxy) is 1. The minimum absolute atomic E-state index is 0.0277. The maximum absolute atomic E-state index is 12.3. The molecule has 0 aliphatic heterocycles. The molecule has 14 nitrogen and oxygen atoms in total. The van der Waals surface area contributed by atoms with E-state index in [1.807, 2.05) is 0 Å². The van der Waals surface area contributed by atoms with Gasteiger partial charge >= 0.3 is 104 Å². The molecule has 2 aromatic carbocycles. The van der Waals surface area contributed by atoms with Gasteiger partial charge in [0.1, 0.15) is 0 Å². The van der Waals surface area contributed by atoms with Gasteiger partial charge in [0.25, 0.3) is 11.0 Å². The standard InChI is InChI=1S/C13H10N2O4.C6H12O8Te/c1-19-11-7-3-5-9-13(11)15(18)8-4-2-6-10(16)12(8)14(9)17;7-1-3(9)5(10)6(11)4(2-8)14-15(12)13/h2-7,16H,1H3;2-7,9-11H,1H2,(H,12,13)/t;3-,4-,5-,6-/m.1/s1. The van der Waals surface area contributed by atoms with Crippen molar-refractivity contribution in [1.82, 2.24) is 0 Å². The molecule has 0 radical (unpaired) electrons. The van der Waals surface area contributed by atoms with Gasteiger partial charge < -0.3 is 20.3 Å². The number of hydrogen-bond acceptors (Lipinski definition) is 11. The van der Waals surface area contributed by atoms with E-state index in [9.17, 15) is 28.5 Å². The van der Waals surface area contributed by atoms with Gasteiger partial charge in [-0.05, 0) is 12.1 Å². The summed E-state index contributed by atoms with van der Waals surface area (Å²) < 4.78 is 29.1. The number of fused-ring (bicyclic) bond motifs is 2. The zero-order chi connectivity index (χ0) is 25.6. The fraction of sp³-hybridized carbons (Fsp3) is 0.316. The fourth-order valence-corrected chi connectivity index (χ4v) is 3.96. The minimum atomic E-state index is -4.06. The Labute approximate surface area is 199 Å². The topological polar surface area (TPSA) is 228 Å². The average Bonchev–Trinajstić information content (AvgIpc) is 2.83. The van der Waals surface area contributed by atoms with Gasteiger partial charge in [0, 0.05) is 12.1 Å². The SMILES string of the molecule is COc1cccc2c1[n+]([O-])c1cccc(O)c1[n+]2[O-].O=C[C@@H](O[Te](=O)O)[C@@H](O)[C@H](O)[C@H](O)CO. The van der Waals surface area contributed by atoms with E-state index in [-0.39, 0.29) is 34.1 Å². The molecule has 0 saturated carbocycles. The molecular formula is C19H22N2O12Te. The third-order valence-corrected chi connectivity index (χ3v) is 5.73. The van der Waals surface area contributed by atoms with Crippen LogP contribution < -0.4 is 14.2 Å².